The average Bonchev–Trinajstić information content (AvgIpc) is 2.42. The number of benzene rings is 1. The first-order chi connectivity index (χ1) is 9.20. The predicted octanol–water partition coefficient (Wildman–Crippen LogP) is 1.43. The molecule has 104 valence electrons. The Kier molecular flexibility index (Phi) is 4.93. The third kappa shape index (κ3) is 3.78. The van der Waals surface area contributed by atoms with Gasteiger partial charge in [0.15, 0.2) is 0 Å². The Morgan fingerprint density at radius 3 is 2.84 bits per heavy atom. The molecule has 0 spiro atoms. The summed E-state index contributed by atoms with van der Waals surface area (Å²) in [7, 11) is 0. The van der Waals surface area contributed by atoms with Crippen molar-refractivity contribution in [1.82, 2.24) is 4.90 Å². The van der Waals surface area contributed by atoms with E-state index in [-0.39, 0.29) is 5.97 Å². The van der Waals surface area contributed by atoms with E-state index in [1.54, 1.807) is 6.92 Å². The molecule has 0 radical (unpaired) electrons. The van der Waals surface area contributed by atoms with E-state index in [1.807, 2.05) is 18.2 Å². The molecule has 1 fully saturated rings. The molecule has 1 aliphatic rings. The first kappa shape index (κ1) is 14.0. The Balaban J connectivity index is 1.95. The van der Waals surface area contributed by atoms with Gasteiger partial charge >= 0.3 is 5.97 Å². The van der Waals surface area contributed by atoms with Crippen LogP contribution in [0.2, 0.25) is 0 Å². The second-order valence-electron chi connectivity index (χ2n) is 4.94. The zero-order valence-corrected chi connectivity index (χ0v) is 11.3. The molecule has 1 aliphatic heterocycles. The maximum absolute atomic E-state index is 11.8. The highest BCUT2D eigenvalue weighted by Crippen LogP contribution is 2.20. The number of rotatable bonds is 4. The number of carbonyl (C=O) groups excluding carboxylic acids is 1. The molecule has 0 bridgehead atoms. The van der Waals surface area contributed by atoms with Crippen LogP contribution in [-0.2, 0) is 16.1 Å². The van der Waals surface area contributed by atoms with Crippen molar-refractivity contribution in [3.05, 3.63) is 35.9 Å². The summed E-state index contributed by atoms with van der Waals surface area (Å²) in [6.45, 7) is 4.33. The molecule has 1 aromatic rings. The second kappa shape index (κ2) is 6.68. The highest BCUT2D eigenvalue weighted by atomic mass is 16.5. The van der Waals surface area contributed by atoms with E-state index in [0.717, 1.165) is 13.1 Å². The SMILES string of the molecule is CCOC(=O)[C@@H]1CN(Cc2ccccc2)CC[C@@H]1O. The van der Waals surface area contributed by atoms with Gasteiger partial charge < -0.3 is 9.84 Å². The molecule has 1 aromatic carbocycles. The van der Waals surface area contributed by atoms with Crippen molar-refractivity contribution in [3.8, 4) is 0 Å². The first-order valence-corrected chi connectivity index (χ1v) is 6.81. The van der Waals surface area contributed by atoms with Crippen molar-refractivity contribution in [2.75, 3.05) is 19.7 Å². The highest BCUT2D eigenvalue weighted by Gasteiger charge is 2.34. The number of nitrogens with zero attached hydrogens (tertiary/aromatic N) is 1. The normalized spacial score (nSPS) is 24.1. The van der Waals surface area contributed by atoms with E-state index >= 15 is 0 Å². The van der Waals surface area contributed by atoms with Crippen LogP contribution in [0.3, 0.4) is 0 Å². The van der Waals surface area contributed by atoms with Crippen molar-refractivity contribution in [3.63, 3.8) is 0 Å². The number of aliphatic hydroxyl groups is 1. The van der Waals surface area contributed by atoms with Gasteiger partial charge in [0.2, 0.25) is 0 Å². The standard InChI is InChI=1S/C15H21NO3/c1-2-19-15(18)13-11-16(9-8-14(13)17)10-12-6-4-3-5-7-12/h3-7,13-14,17H,2,8-11H2,1H3/t13-,14+/m1/s1. The van der Waals surface area contributed by atoms with Crippen LogP contribution in [0, 0.1) is 5.92 Å². The monoisotopic (exact) mass is 263 g/mol. The van der Waals surface area contributed by atoms with Gasteiger partial charge in [0.05, 0.1) is 18.6 Å². The second-order valence-corrected chi connectivity index (χ2v) is 4.94. The van der Waals surface area contributed by atoms with Crippen molar-refractivity contribution < 1.29 is 14.6 Å². The quantitative estimate of drug-likeness (QED) is 0.835. The molecule has 1 saturated heterocycles. The zero-order chi connectivity index (χ0) is 13.7. The van der Waals surface area contributed by atoms with Crippen molar-refractivity contribution in [1.29, 1.82) is 0 Å². The van der Waals surface area contributed by atoms with Gasteiger partial charge in [-0.2, -0.15) is 0 Å². The first-order valence-electron chi connectivity index (χ1n) is 6.81. The van der Waals surface area contributed by atoms with Gasteiger partial charge in [0.25, 0.3) is 0 Å². The van der Waals surface area contributed by atoms with Gasteiger partial charge in [-0.3, -0.25) is 9.69 Å². The molecular weight excluding hydrogens is 242 g/mol. The molecule has 4 nitrogen and oxygen atoms in total. The lowest BCUT2D eigenvalue weighted by molar-refractivity contribution is -0.155. The Morgan fingerprint density at radius 2 is 2.16 bits per heavy atom. The molecular formula is C15H21NO3. The minimum absolute atomic E-state index is 0.284. The average molecular weight is 263 g/mol. The molecule has 0 amide bonds. The number of hydrogen-bond acceptors (Lipinski definition) is 4. The summed E-state index contributed by atoms with van der Waals surface area (Å²) in [6, 6.07) is 10.2. The number of likely N-dealkylation sites (tertiary alicyclic amines) is 1. The maximum Gasteiger partial charge on any atom is 0.312 e. The van der Waals surface area contributed by atoms with Crippen LogP contribution in [0.25, 0.3) is 0 Å². The van der Waals surface area contributed by atoms with E-state index in [9.17, 15) is 9.90 Å². The molecule has 1 N–H and O–H groups in total. The molecule has 4 heteroatoms. The minimum Gasteiger partial charge on any atom is -0.466 e. The number of piperidine rings is 1. The lowest BCUT2D eigenvalue weighted by Crippen LogP contribution is -2.46. The lowest BCUT2D eigenvalue weighted by atomic mass is 9.94. The van der Waals surface area contributed by atoms with Gasteiger partial charge in [0, 0.05) is 19.6 Å². The van der Waals surface area contributed by atoms with Crippen LogP contribution in [0.4, 0.5) is 0 Å². The number of hydrogen-bond donors (Lipinski definition) is 1. The van der Waals surface area contributed by atoms with E-state index in [1.165, 1.54) is 5.56 Å². The third-order valence-electron chi connectivity index (χ3n) is 3.50. The molecule has 0 aromatic heterocycles. The fourth-order valence-electron chi connectivity index (χ4n) is 2.47. The summed E-state index contributed by atoms with van der Waals surface area (Å²) in [6.07, 6.45) is 0.0436. The summed E-state index contributed by atoms with van der Waals surface area (Å²) in [5, 5.41) is 9.92. The molecule has 0 aliphatic carbocycles. The van der Waals surface area contributed by atoms with Crippen molar-refractivity contribution >= 4 is 5.97 Å². The highest BCUT2D eigenvalue weighted by molar-refractivity contribution is 5.73. The fourth-order valence-corrected chi connectivity index (χ4v) is 2.47. The van der Waals surface area contributed by atoms with E-state index in [4.69, 9.17) is 4.74 Å². The number of ether oxygens (including phenoxy) is 1. The smallest absolute Gasteiger partial charge is 0.312 e. The van der Waals surface area contributed by atoms with Gasteiger partial charge in [0.1, 0.15) is 0 Å². The summed E-state index contributed by atoms with van der Waals surface area (Å²) in [4.78, 5) is 14.0. The molecule has 19 heavy (non-hydrogen) atoms. The molecule has 2 rings (SSSR count). The Bertz CT molecular complexity index is 407. The van der Waals surface area contributed by atoms with Crippen LogP contribution < -0.4 is 0 Å². The van der Waals surface area contributed by atoms with Gasteiger partial charge in [-0.15, -0.1) is 0 Å². The molecule has 2 atom stereocenters. The van der Waals surface area contributed by atoms with E-state index < -0.39 is 12.0 Å². The molecule has 1 heterocycles. The molecule has 0 unspecified atom stereocenters. The van der Waals surface area contributed by atoms with Crippen LogP contribution in [0.5, 0.6) is 0 Å². The maximum atomic E-state index is 11.8. The van der Waals surface area contributed by atoms with Gasteiger partial charge in [-0.1, -0.05) is 30.3 Å². The Morgan fingerprint density at radius 1 is 1.42 bits per heavy atom. The summed E-state index contributed by atoms with van der Waals surface area (Å²) in [5.41, 5.74) is 1.22. The number of aliphatic hydroxyl groups excluding tert-OH is 1. The van der Waals surface area contributed by atoms with Crippen LogP contribution in [0.15, 0.2) is 30.3 Å². The summed E-state index contributed by atoms with van der Waals surface area (Å²) in [5.74, 6) is -0.704. The van der Waals surface area contributed by atoms with Crippen molar-refractivity contribution in [2.45, 2.75) is 26.0 Å². The van der Waals surface area contributed by atoms with E-state index in [0.29, 0.717) is 19.6 Å². The lowest BCUT2D eigenvalue weighted by Gasteiger charge is -2.34. The fraction of sp³-hybridized carbons (Fsp3) is 0.533. The zero-order valence-electron chi connectivity index (χ0n) is 11.3. The molecule has 0 saturated carbocycles. The summed E-state index contributed by atoms with van der Waals surface area (Å²) < 4.78 is 5.02. The van der Waals surface area contributed by atoms with Crippen LogP contribution in [0.1, 0.15) is 18.9 Å². The van der Waals surface area contributed by atoms with Gasteiger partial charge in [-0.25, -0.2) is 0 Å². The van der Waals surface area contributed by atoms with Crippen LogP contribution in [-0.4, -0.2) is 41.8 Å². The summed E-state index contributed by atoms with van der Waals surface area (Å²) >= 11 is 0. The topological polar surface area (TPSA) is 49.8 Å². The Labute approximate surface area is 114 Å². The number of carbonyl (C=O) groups is 1. The Hall–Kier alpha value is -1.39. The minimum atomic E-state index is -0.578. The van der Waals surface area contributed by atoms with E-state index in [2.05, 4.69) is 17.0 Å². The van der Waals surface area contributed by atoms with Crippen molar-refractivity contribution in [2.24, 2.45) is 5.92 Å². The van der Waals surface area contributed by atoms with Gasteiger partial charge in [-0.05, 0) is 18.9 Å². The predicted molar refractivity (Wildman–Crippen MR) is 72.5 cm³/mol. The third-order valence-corrected chi connectivity index (χ3v) is 3.50. The van der Waals surface area contributed by atoms with Crippen LogP contribution >= 0.6 is 0 Å². The number of esters is 1. The largest absolute Gasteiger partial charge is 0.466 e.